The maximum Gasteiger partial charge on any atom is 0.238 e. The molecule has 6 nitrogen and oxygen atoms in total. The van der Waals surface area contributed by atoms with Gasteiger partial charge in [-0.2, -0.15) is 0 Å². The van der Waals surface area contributed by atoms with E-state index in [0.29, 0.717) is 23.0 Å². The zero-order valence-corrected chi connectivity index (χ0v) is 17.4. The van der Waals surface area contributed by atoms with Gasteiger partial charge in [0.25, 0.3) is 0 Å². The van der Waals surface area contributed by atoms with E-state index < -0.39 is 0 Å². The van der Waals surface area contributed by atoms with Gasteiger partial charge >= 0.3 is 0 Å². The van der Waals surface area contributed by atoms with Crippen LogP contribution in [0, 0.1) is 12.8 Å². The van der Waals surface area contributed by atoms with Crippen molar-refractivity contribution in [3.8, 4) is 5.75 Å². The Labute approximate surface area is 166 Å². The van der Waals surface area contributed by atoms with Crippen LogP contribution < -0.4 is 10.1 Å². The van der Waals surface area contributed by atoms with Crippen molar-refractivity contribution >= 4 is 29.1 Å². The van der Waals surface area contributed by atoms with Crippen LogP contribution in [0.25, 0.3) is 0 Å². The van der Waals surface area contributed by atoms with Gasteiger partial charge in [-0.25, -0.2) is 0 Å². The Morgan fingerprint density at radius 2 is 1.89 bits per heavy atom. The number of aryl methyl sites for hydroxylation is 1. The maximum absolute atomic E-state index is 12.5. The molecule has 2 amide bonds. The highest BCUT2D eigenvalue weighted by atomic mass is 35.5. The SMILES string of the molecule is CCN(CC)C(=O)C1CCN(CC(=O)Nc2cc(C)c(Cl)cc2OC)CC1. The number of nitrogens with one attached hydrogen (secondary N) is 1. The van der Waals surface area contributed by atoms with Gasteiger partial charge in [0.2, 0.25) is 11.8 Å². The van der Waals surface area contributed by atoms with Gasteiger partial charge in [0.05, 0.1) is 19.3 Å². The lowest BCUT2D eigenvalue weighted by molar-refractivity contribution is -0.136. The first kappa shape index (κ1) is 21.5. The Bertz CT molecular complexity index is 669. The Balaban J connectivity index is 1.88. The minimum atomic E-state index is -0.0939. The molecule has 1 N–H and O–H groups in total. The van der Waals surface area contributed by atoms with Gasteiger partial charge in [-0.1, -0.05) is 11.6 Å². The number of halogens is 1. The lowest BCUT2D eigenvalue weighted by atomic mass is 9.95. The van der Waals surface area contributed by atoms with Crippen molar-refractivity contribution in [2.24, 2.45) is 5.92 Å². The largest absolute Gasteiger partial charge is 0.495 e. The highest BCUT2D eigenvalue weighted by molar-refractivity contribution is 6.31. The average molecular weight is 396 g/mol. The Morgan fingerprint density at radius 1 is 1.26 bits per heavy atom. The average Bonchev–Trinajstić information content (AvgIpc) is 2.66. The quantitative estimate of drug-likeness (QED) is 0.770. The first-order valence-corrected chi connectivity index (χ1v) is 9.92. The molecule has 1 aliphatic heterocycles. The van der Waals surface area contributed by atoms with Crippen molar-refractivity contribution in [1.82, 2.24) is 9.80 Å². The number of likely N-dealkylation sites (tertiary alicyclic amines) is 1. The summed E-state index contributed by atoms with van der Waals surface area (Å²) in [6.45, 7) is 9.21. The van der Waals surface area contributed by atoms with Gasteiger partial charge in [0, 0.05) is 30.1 Å². The molecule has 0 aromatic heterocycles. The number of anilines is 1. The number of methoxy groups -OCH3 is 1. The summed E-state index contributed by atoms with van der Waals surface area (Å²) in [5.74, 6) is 0.764. The van der Waals surface area contributed by atoms with Crippen LogP contribution in [0.3, 0.4) is 0 Å². The highest BCUT2D eigenvalue weighted by Crippen LogP contribution is 2.31. The zero-order chi connectivity index (χ0) is 20.0. The second-order valence-corrected chi connectivity index (χ2v) is 7.32. The number of hydrogen-bond acceptors (Lipinski definition) is 4. The minimum Gasteiger partial charge on any atom is -0.495 e. The number of piperidine rings is 1. The van der Waals surface area contributed by atoms with Crippen LogP contribution in [0.4, 0.5) is 5.69 Å². The summed E-state index contributed by atoms with van der Waals surface area (Å²) in [6.07, 6.45) is 1.60. The van der Waals surface area contributed by atoms with Gasteiger partial charge in [0.15, 0.2) is 0 Å². The molecule has 1 aromatic rings. The summed E-state index contributed by atoms with van der Waals surface area (Å²) in [5, 5.41) is 3.51. The minimum absolute atomic E-state index is 0.0724. The molecule has 0 bridgehead atoms. The van der Waals surface area contributed by atoms with E-state index in [2.05, 4.69) is 10.2 Å². The van der Waals surface area contributed by atoms with Crippen LogP contribution in [0.5, 0.6) is 5.75 Å². The van der Waals surface area contributed by atoms with E-state index in [1.165, 1.54) is 0 Å². The number of carbonyl (C=O) groups is 2. The monoisotopic (exact) mass is 395 g/mol. The fraction of sp³-hybridized carbons (Fsp3) is 0.600. The number of amides is 2. The lowest BCUT2D eigenvalue weighted by Crippen LogP contribution is -2.44. The summed E-state index contributed by atoms with van der Waals surface area (Å²) in [4.78, 5) is 28.9. The summed E-state index contributed by atoms with van der Waals surface area (Å²) >= 11 is 6.11. The number of nitrogens with zero attached hydrogens (tertiary/aromatic N) is 2. The third-order valence-electron chi connectivity index (χ3n) is 5.13. The van der Waals surface area contributed by atoms with Crippen molar-refractivity contribution in [2.45, 2.75) is 33.6 Å². The fourth-order valence-corrected chi connectivity index (χ4v) is 3.61. The van der Waals surface area contributed by atoms with Gasteiger partial charge in [-0.3, -0.25) is 14.5 Å². The Kier molecular flexibility index (Phi) is 7.92. The van der Waals surface area contributed by atoms with E-state index in [4.69, 9.17) is 16.3 Å². The summed E-state index contributed by atoms with van der Waals surface area (Å²) in [7, 11) is 1.55. The van der Waals surface area contributed by atoms with Crippen LogP contribution in [0.15, 0.2) is 12.1 Å². The van der Waals surface area contributed by atoms with Gasteiger partial charge in [0.1, 0.15) is 5.75 Å². The van der Waals surface area contributed by atoms with E-state index in [1.54, 1.807) is 13.2 Å². The Hall–Kier alpha value is -1.79. The topological polar surface area (TPSA) is 61.9 Å². The molecule has 1 aromatic carbocycles. The number of hydrogen-bond donors (Lipinski definition) is 1. The molecule has 1 saturated heterocycles. The van der Waals surface area contributed by atoms with Crippen LogP contribution in [0.2, 0.25) is 5.02 Å². The molecule has 1 heterocycles. The summed E-state index contributed by atoms with van der Waals surface area (Å²) < 4.78 is 5.30. The predicted octanol–water partition coefficient (Wildman–Crippen LogP) is 3.18. The summed E-state index contributed by atoms with van der Waals surface area (Å²) in [5.41, 5.74) is 1.50. The van der Waals surface area contributed by atoms with Crippen molar-refractivity contribution < 1.29 is 14.3 Å². The molecule has 0 saturated carbocycles. The van der Waals surface area contributed by atoms with Crippen molar-refractivity contribution in [3.05, 3.63) is 22.7 Å². The molecule has 0 aliphatic carbocycles. The smallest absolute Gasteiger partial charge is 0.238 e. The normalized spacial score (nSPS) is 15.4. The number of rotatable bonds is 7. The standard InChI is InChI=1S/C20H30ClN3O3/c1-5-24(6-2)20(26)15-7-9-23(10-8-15)13-19(25)22-17-11-14(3)16(21)12-18(17)27-4/h11-12,15H,5-10,13H2,1-4H3,(H,22,25). The second-order valence-electron chi connectivity index (χ2n) is 6.91. The highest BCUT2D eigenvalue weighted by Gasteiger charge is 2.28. The molecule has 27 heavy (non-hydrogen) atoms. The third-order valence-corrected chi connectivity index (χ3v) is 5.54. The molecule has 150 valence electrons. The maximum atomic E-state index is 12.5. The van der Waals surface area contributed by atoms with Crippen LogP contribution in [-0.2, 0) is 9.59 Å². The zero-order valence-electron chi connectivity index (χ0n) is 16.7. The molecule has 0 spiro atoms. The van der Waals surface area contributed by atoms with Crippen molar-refractivity contribution in [3.63, 3.8) is 0 Å². The second kappa shape index (κ2) is 9.95. The molecule has 0 atom stereocenters. The molecule has 1 fully saturated rings. The van der Waals surface area contributed by atoms with Gasteiger partial charge in [-0.15, -0.1) is 0 Å². The van der Waals surface area contributed by atoms with Gasteiger partial charge in [-0.05, 0) is 58.3 Å². The van der Waals surface area contributed by atoms with Crippen molar-refractivity contribution in [1.29, 1.82) is 0 Å². The molecule has 0 unspecified atom stereocenters. The summed E-state index contributed by atoms with van der Waals surface area (Å²) in [6, 6.07) is 3.52. The molecular formula is C20H30ClN3O3. The Morgan fingerprint density at radius 3 is 2.44 bits per heavy atom. The molecule has 7 heteroatoms. The lowest BCUT2D eigenvalue weighted by Gasteiger charge is -2.33. The van der Waals surface area contributed by atoms with Crippen LogP contribution >= 0.6 is 11.6 Å². The number of benzene rings is 1. The van der Waals surface area contributed by atoms with E-state index in [9.17, 15) is 9.59 Å². The molecule has 0 radical (unpaired) electrons. The van der Waals surface area contributed by atoms with Gasteiger partial charge < -0.3 is 15.0 Å². The van der Waals surface area contributed by atoms with E-state index in [-0.39, 0.29) is 17.7 Å². The third kappa shape index (κ3) is 5.59. The first-order valence-electron chi connectivity index (χ1n) is 9.54. The first-order chi connectivity index (χ1) is 12.9. The molecule has 1 aliphatic rings. The molecular weight excluding hydrogens is 366 g/mol. The number of carbonyl (C=O) groups excluding carboxylic acids is 2. The van der Waals surface area contributed by atoms with Crippen molar-refractivity contribution in [2.75, 3.05) is 45.2 Å². The van der Waals surface area contributed by atoms with E-state index in [1.807, 2.05) is 31.7 Å². The van der Waals surface area contributed by atoms with Crippen LogP contribution in [-0.4, -0.2) is 61.4 Å². The fourth-order valence-electron chi connectivity index (χ4n) is 3.45. The predicted molar refractivity (Wildman–Crippen MR) is 108 cm³/mol. The van der Waals surface area contributed by atoms with Crippen LogP contribution in [0.1, 0.15) is 32.3 Å². The van der Waals surface area contributed by atoms with E-state index >= 15 is 0 Å². The molecule has 2 rings (SSSR count). The number of ether oxygens (including phenoxy) is 1. The van der Waals surface area contributed by atoms with E-state index in [0.717, 1.165) is 44.6 Å².